The lowest BCUT2D eigenvalue weighted by Crippen LogP contribution is -2.23. The Bertz CT molecular complexity index is 770. The van der Waals surface area contributed by atoms with Crippen molar-refractivity contribution in [3.63, 3.8) is 0 Å². The Morgan fingerprint density at radius 2 is 2.14 bits per heavy atom. The van der Waals surface area contributed by atoms with E-state index in [4.69, 9.17) is 0 Å². The molecule has 0 saturated heterocycles. The van der Waals surface area contributed by atoms with Crippen LogP contribution in [-0.2, 0) is 0 Å². The number of fused-ring (bicyclic) bond motifs is 1. The van der Waals surface area contributed by atoms with Gasteiger partial charge in [-0.3, -0.25) is 4.98 Å². The van der Waals surface area contributed by atoms with Gasteiger partial charge in [-0.2, -0.15) is 0 Å². The van der Waals surface area contributed by atoms with Crippen LogP contribution in [0, 0.1) is 11.6 Å². The molecular formula is C16H14F2N2S. The highest BCUT2D eigenvalue weighted by molar-refractivity contribution is 7.17. The maximum Gasteiger partial charge on any atom is 0.163 e. The van der Waals surface area contributed by atoms with Crippen molar-refractivity contribution >= 4 is 21.6 Å². The summed E-state index contributed by atoms with van der Waals surface area (Å²) in [5.74, 6) is -1.64. The zero-order chi connectivity index (χ0) is 14.8. The van der Waals surface area contributed by atoms with Crippen LogP contribution in [0.15, 0.2) is 41.9 Å². The molecule has 0 fully saturated rings. The minimum atomic E-state index is -0.833. The van der Waals surface area contributed by atoms with Gasteiger partial charge in [-0.1, -0.05) is 19.1 Å². The molecule has 0 spiro atoms. The molecule has 2 heterocycles. The van der Waals surface area contributed by atoms with Crippen molar-refractivity contribution in [3.05, 3.63) is 64.7 Å². The molecule has 0 saturated carbocycles. The zero-order valence-electron chi connectivity index (χ0n) is 11.4. The first-order valence-corrected chi connectivity index (χ1v) is 7.59. The van der Waals surface area contributed by atoms with Crippen LogP contribution < -0.4 is 5.32 Å². The van der Waals surface area contributed by atoms with E-state index in [1.807, 2.05) is 24.4 Å². The SMILES string of the molecule is CCNC(c1cnc2ccsc2c1)c1cccc(F)c1F. The molecule has 21 heavy (non-hydrogen) atoms. The summed E-state index contributed by atoms with van der Waals surface area (Å²) in [6, 6.07) is 7.76. The average molecular weight is 304 g/mol. The third-order valence-electron chi connectivity index (χ3n) is 3.36. The number of pyridine rings is 1. The van der Waals surface area contributed by atoms with Crippen molar-refractivity contribution in [2.45, 2.75) is 13.0 Å². The van der Waals surface area contributed by atoms with Gasteiger partial charge in [0.2, 0.25) is 0 Å². The molecule has 0 aliphatic carbocycles. The highest BCUT2D eigenvalue weighted by atomic mass is 32.1. The Hall–Kier alpha value is -1.85. The molecule has 0 radical (unpaired) electrons. The predicted molar refractivity (Wildman–Crippen MR) is 81.5 cm³/mol. The fourth-order valence-electron chi connectivity index (χ4n) is 2.37. The van der Waals surface area contributed by atoms with Gasteiger partial charge in [-0.25, -0.2) is 8.78 Å². The lowest BCUT2D eigenvalue weighted by atomic mass is 9.99. The minimum absolute atomic E-state index is 0.301. The van der Waals surface area contributed by atoms with E-state index >= 15 is 0 Å². The largest absolute Gasteiger partial charge is 0.306 e. The molecule has 3 aromatic rings. The Labute approximate surface area is 125 Å². The molecule has 0 amide bonds. The van der Waals surface area contributed by atoms with Crippen LogP contribution in [0.2, 0.25) is 0 Å². The topological polar surface area (TPSA) is 24.9 Å². The van der Waals surface area contributed by atoms with Crippen molar-refractivity contribution in [1.82, 2.24) is 10.3 Å². The van der Waals surface area contributed by atoms with Gasteiger partial charge in [-0.05, 0) is 35.7 Å². The molecule has 1 N–H and O–H groups in total. The Morgan fingerprint density at radius 1 is 1.29 bits per heavy atom. The van der Waals surface area contributed by atoms with Gasteiger partial charge in [0.15, 0.2) is 11.6 Å². The minimum Gasteiger partial charge on any atom is -0.306 e. The summed E-state index contributed by atoms with van der Waals surface area (Å²) in [7, 11) is 0. The summed E-state index contributed by atoms with van der Waals surface area (Å²) in [5, 5.41) is 5.16. The lowest BCUT2D eigenvalue weighted by molar-refractivity contribution is 0.483. The summed E-state index contributed by atoms with van der Waals surface area (Å²) in [4.78, 5) is 4.38. The Balaban J connectivity index is 2.10. The number of nitrogens with one attached hydrogen (secondary N) is 1. The molecular weight excluding hydrogens is 290 g/mol. The summed E-state index contributed by atoms with van der Waals surface area (Å²) in [6.07, 6.45) is 1.72. The molecule has 5 heteroatoms. The van der Waals surface area contributed by atoms with E-state index in [2.05, 4.69) is 10.3 Å². The normalized spacial score (nSPS) is 12.7. The van der Waals surface area contributed by atoms with E-state index in [1.54, 1.807) is 23.6 Å². The quantitative estimate of drug-likeness (QED) is 0.778. The predicted octanol–water partition coefficient (Wildman–Crippen LogP) is 4.27. The second kappa shape index (κ2) is 5.87. The molecule has 2 nitrogen and oxygen atoms in total. The molecule has 0 aliphatic rings. The molecule has 2 aromatic heterocycles. The van der Waals surface area contributed by atoms with Gasteiger partial charge >= 0.3 is 0 Å². The second-order valence-electron chi connectivity index (χ2n) is 4.71. The third kappa shape index (κ3) is 2.66. The number of nitrogens with zero attached hydrogens (tertiary/aromatic N) is 1. The van der Waals surface area contributed by atoms with Crippen LogP contribution in [0.1, 0.15) is 24.1 Å². The van der Waals surface area contributed by atoms with E-state index in [0.717, 1.165) is 21.8 Å². The van der Waals surface area contributed by atoms with Crippen molar-refractivity contribution < 1.29 is 8.78 Å². The van der Waals surface area contributed by atoms with Gasteiger partial charge in [0.05, 0.1) is 16.3 Å². The van der Waals surface area contributed by atoms with Crippen LogP contribution >= 0.6 is 11.3 Å². The number of rotatable bonds is 4. The molecule has 1 aromatic carbocycles. The van der Waals surface area contributed by atoms with E-state index in [1.165, 1.54) is 6.07 Å². The maximum atomic E-state index is 14.1. The van der Waals surface area contributed by atoms with Crippen molar-refractivity contribution in [3.8, 4) is 0 Å². The molecule has 1 unspecified atom stereocenters. The second-order valence-corrected chi connectivity index (χ2v) is 5.65. The van der Waals surface area contributed by atoms with Gasteiger partial charge in [0, 0.05) is 11.8 Å². The van der Waals surface area contributed by atoms with Crippen LogP contribution in [0.5, 0.6) is 0 Å². The van der Waals surface area contributed by atoms with E-state index in [-0.39, 0.29) is 0 Å². The first-order chi connectivity index (χ1) is 10.2. The van der Waals surface area contributed by atoms with Crippen molar-refractivity contribution in [2.75, 3.05) is 6.54 Å². The zero-order valence-corrected chi connectivity index (χ0v) is 12.3. The first-order valence-electron chi connectivity index (χ1n) is 6.71. The third-order valence-corrected chi connectivity index (χ3v) is 4.21. The number of hydrogen-bond donors (Lipinski definition) is 1. The average Bonchev–Trinajstić information content (AvgIpc) is 2.95. The van der Waals surface area contributed by atoms with Crippen LogP contribution in [0.25, 0.3) is 10.2 Å². The molecule has 1 atom stereocenters. The standard InChI is InChI=1S/C16H14F2N2S/c1-2-19-16(11-4-3-5-12(17)15(11)18)10-8-14-13(20-9-10)6-7-21-14/h3-9,16,19H,2H2,1H3. The summed E-state index contributed by atoms with van der Waals surface area (Å²) < 4.78 is 28.6. The molecule has 0 bridgehead atoms. The summed E-state index contributed by atoms with van der Waals surface area (Å²) in [5.41, 5.74) is 2.05. The number of aromatic nitrogens is 1. The van der Waals surface area contributed by atoms with Crippen molar-refractivity contribution in [2.24, 2.45) is 0 Å². The van der Waals surface area contributed by atoms with Gasteiger partial charge in [-0.15, -0.1) is 11.3 Å². The van der Waals surface area contributed by atoms with Gasteiger partial charge in [0.1, 0.15) is 0 Å². The monoisotopic (exact) mass is 304 g/mol. The van der Waals surface area contributed by atoms with Crippen LogP contribution in [-0.4, -0.2) is 11.5 Å². The number of benzene rings is 1. The molecule has 3 rings (SSSR count). The smallest absolute Gasteiger partial charge is 0.163 e. The number of halogens is 2. The Kier molecular flexibility index (Phi) is 3.94. The van der Waals surface area contributed by atoms with E-state index in [0.29, 0.717) is 12.1 Å². The molecule has 0 aliphatic heterocycles. The van der Waals surface area contributed by atoms with E-state index in [9.17, 15) is 8.78 Å². The fourth-order valence-corrected chi connectivity index (χ4v) is 3.16. The summed E-state index contributed by atoms with van der Waals surface area (Å²) >= 11 is 1.58. The highest BCUT2D eigenvalue weighted by Gasteiger charge is 2.20. The van der Waals surface area contributed by atoms with Gasteiger partial charge in [0.25, 0.3) is 0 Å². The fraction of sp³-hybridized carbons (Fsp3) is 0.188. The van der Waals surface area contributed by atoms with Crippen molar-refractivity contribution in [1.29, 1.82) is 0 Å². The molecule has 108 valence electrons. The number of hydrogen-bond acceptors (Lipinski definition) is 3. The Morgan fingerprint density at radius 3 is 2.95 bits per heavy atom. The van der Waals surface area contributed by atoms with Crippen LogP contribution in [0.3, 0.4) is 0 Å². The number of thiophene rings is 1. The first kappa shape index (κ1) is 14.1. The maximum absolute atomic E-state index is 14.1. The highest BCUT2D eigenvalue weighted by Crippen LogP contribution is 2.28. The van der Waals surface area contributed by atoms with Crippen LogP contribution in [0.4, 0.5) is 8.78 Å². The lowest BCUT2D eigenvalue weighted by Gasteiger charge is -2.19. The van der Waals surface area contributed by atoms with Gasteiger partial charge < -0.3 is 5.32 Å². The van der Waals surface area contributed by atoms with E-state index < -0.39 is 17.7 Å². The summed E-state index contributed by atoms with van der Waals surface area (Å²) in [6.45, 7) is 2.57.